The van der Waals surface area contributed by atoms with Gasteiger partial charge in [-0.15, -0.1) is 0 Å². The van der Waals surface area contributed by atoms with E-state index in [1.165, 1.54) is 5.56 Å². The Morgan fingerprint density at radius 2 is 1.90 bits per heavy atom. The minimum Gasteiger partial charge on any atom is -0.485 e. The molecular weight excluding hydrogens is 270 g/mol. The monoisotopic (exact) mass is 287 g/mol. The van der Waals surface area contributed by atoms with Gasteiger partial charge >= 0.3 is 0 Å². The number of aryl methyl sites for hydroxylation is 2. The third kappa shape index (κ3) is 2.41. The van der Waals surface area contributed by atoms with Gasteiger partial charge in [0.1, 0.15) is 11.9 Å². The average Bonchev–Trinajstić information content (AvgIpc) is 2.39. The summed E-state index contributed by atoms with van der Waals surface area (Å²) < 4.78 is 6.14. The third-order valence-electron chi connectivity index (χ3n) is 3.88. The van der Waals surface area contributed by atoms with E-state index in [0.29, 0.717) is 0 Å². The Bertz CT molecular complexity index is 653. The summed E-state index contributed by atoms with van der Waals surface area (Å²) in [5, 5.41) is 0.752. The smallest absolute Gasteiger partial charge is 0.126 e. The molecule has 0 bridgehead atoms. The van der Waals surface area contributed by atoms with Crippen molar-refractivity contribution in [2.75, 3.05) is 0 Å². The fourth-order valence-corrected chi connectivity index (χ4v) is 3.04. The molecule has 1 aliphatic heterocycles. The molecule has 1 heterocycles. The van der Waals surface area contributed by atoms with Crippen molar-refractivity contribution in [2.45, 2.75) is 32.4 Å². The van der Waals surface area contributed by atoms with E-state index < -0.39 is 0 Å². The Labute approximate surface area is 124 Å². The van der Waals surface area contributed by atoms with Crippen LogP contribution in [0.3, 0.4) is 0 Å². The average molecular weight is 288 g/mol. The van der Waals surface area contributed by atoms with E-state index >= 15 is 0 Å². The molecule has 1 unspecified atom stereocenters. The molecule has 0 spiro atoms. The zero-order valence-corrected chi connectivity index (χ0v) is 12.4. The number of halogens is 1. The molecule has 3 heteroatoms. The Kier molecular flexibility index (Phi) is 3.45. The predicted molar refractivity (Wildman–Crippen MR) is 82.3 cm³/mol. The van der Waals surface area contributed by atoms with Crippen molar-refractivity contribution in [3.63, 3.8) is 0 Å². The summed E-state index contributed by atoms with van der Waals surface area (Å²) >= 11 is 6.02. The number of hydrogen-bond acceptors (Lipinski definition) is 2. The van der Waals surface area contributed by atoms with Crippen LogP contribution in [0, 0.1) is 13.8 Å². The van der Waals surface area contributed by atoms with Crippen LogP contribution >= 0.6 is 11.6 Å². The molecular formula is C17H18ClNO. The predicted octanol–water partition coefficient (Wildman–Crippen LogP) is 4.48. The van der Waals surface area contributed by atoms with Gasteiger partial charge in [-0.1, -0.05) is 35.4 Å². The fraction of sp³-hybridized carbons (Fsp3) is 0.294. The molecule has 104 valence electrons. The highest BCUT2D eigenvalue weighted by Gasteiger charge is 2.27. The first-order valence-electron chi connectivity index (χ1n) is 6.83. The van der Waals surface area contributed by atoms with Crippen molar-refractivity contribution in [3.8, 4) is 5.75 Å². The largest absolute Gasteiger partial charge is 0.485 e. The maximum absolute atomic E-state index is 6.32. The molecule has 3 rings (SSSR count). The highest BCUT2D eigenvalue weighted by atomic mass is 35.5. The van der Waals surface area contributed by atoms with Crippen LogP contribution in [0.1, 0.15) is 40.8 Å². The second-order valence-corrected chi connectivity index (χ2v) is 5.93. The van der Waals surface area contributed by atoms with Gasteiger partial charge in [-0.05, 0) is 43.2 Å². The van der Waals surface area contributed by atoms with Crippen LogP contribution in [-0.4, -0.2) is 0 Å². The first kappa shape index (κ1) is 13.5. The summed E-state index contributed by atoms with van der Waals surface area (Å²) in [6.45, 7) is 4.13. The van der Waals surface area contributed by atoms with Crippen LogP contribution in [0.5, 0.6) is 5.75 Å². The van der Waals surface area contributed by atoms with Crippen molar-refractivity contribution in [1.82, 2.24) is 0 Å². The molecule has 0 aliphatic carbocycles. The molecule has 2 atom stereocenters. The zero-order chi connectivity index (χ0) is 14.3. The molecule has 2 aromatic rings. The Balaban J connectivity index is 1.97. The number of fused-ring (bicyclic) bond motifs is 1. The van der Waals surface area contributed by atoms with Crippen molar-refractivity contribution in [2.24, 2.45) is 5.73 Å². The molecule has 2 N–H and O–H groups in total. The van der Waals surface area contributed by atoms with Gasteiger partial charge in [0.15, 0.2) is 0 Å². The van der Waals surface area contributed by atoms with Gasteiger partial charge in [0.2, 0.25) is 0 Å². The van der Waals surface area contributed by atoms with E-state index in [1.807, 2.05) is 24.3 Å². The topological polar surface area (TPSA) is 35.2 Å². The lowest BCUT2D eigenvalue weighted by atomic mass is 9.91. The maximum atomic E-state index is 6.32. The molecule has 0 saturated heterocycles. The lowest BCUT2D eigenvalue weighted by Gasteiger charge is -2.31. The van der Waals surface area contributed by atoms with Crippen LogP contribution in [0.2, 0.25) is 5.02 Å². The van der Waals surface area contributed by atoms with Crippen molar-refractivity contribution in [3.05, 3.63) is 63.7 Å². The van der Waals surface area contributed by atoms with Gasteiger partial charge < -0.3 is 10.5 Å². The van der Waals surface area contributed by atoms with Crippen molar-refractivity contribution >= 4 is 11.6 Å². The van der Waals surface area contributed by atoms with Crippen LogP contribution in [0.15, 0.2) is 36.4 Å². The number of rotatable bonds is 1. The molecule has 2 nitrogen and oxygen atoms in total. The van der Waals surface area contributed by atoms with E-state index in [2.05, 4.69) is 26.0 Å². The summed E-state index contributed by atoms with van der Waals surface area (Å²) in [6, 6.07) is 12.1. The lowest BCUT2D eigenvalue weighted by Crippen LogP contribution is -2.24. The summed E-state index contributed by atoms with van der Waals surface area (Å²) in [4.78, 5) is 0. The number of benzene rings is 2. The standard InChI is InChI=1S/C17H18ClNO/c1-10-3-6-16-14(7-10)15(19)9-17(20-16)13-5-4-12(18)8-11(13)2/h3-8,15,17H,9,19H2,1-2H3/t15-,17?/m0/s1. The molecule has 0 amide bonds. The SMILES string of the molecule is Cc1ccc2c(c1)[C@@H](N)CC(c1ccc(Cl)cc1C)O2. The second kappa shape index (κ2) is 5.12. The van der Waals surface area contributed by atoms with Gasteiger partial charge in [0.25, 0.3) is 0 Å². The van der Waals surface area contributed by atoms with Gasteiger partial charge in [0.05, 0.1) is 0 Å². The molecule has 0 aromatic heterocycles. The maximum Gasteiger partial charge on any atom is 0.126 e. The number of nitrogens with two attached hydrogens (primary N) is 1. The molecule has 2 aromatic carbocycles. The van der Waals surface area contributed by atoms with E-state index in [-0.39, 0.29) is 12.1 Å². The van der Waals surface area contributed by atoms with E-state index in [4.69, 9.17) is 22.1 Å². The number of ether oxygens (including phenoxy) is 1. The fourth-order valence-electron chi connectivity index (χ4n) is 2.81. The molecule has 20 heavy (non-hydrogen) atoms. The van der Waals surface area contributed by atoms with Gasteiger partial charge in [0, 0.05) is 23.0 Å². The van der Waals surface area contributed by atoms with E-state index in [0.717, 1.165) is 33.9 Å². The Morgan fingerprint density at radius 1 is 1.10 bits per heavy atom. The second-order valence-electron chi connectivity index (χ2n) is 5.49. The minimum atomic E-state index is -0.00234. The summed E-state index contributed by atoms with van der Waals surface area (Å²) in [6.07, 6.45) is 0.788. The normalized spacial score (nSPS) is 21.2. The Hall–Kier alpha value is -1.51. The minimum absolute atomic E-state index is 0.00234. The number of hydrogen-bond donors (Lipinski definition) is 1. The van der Waals surface area contributed by atoms with Crippen LogP contribution < -0.4 is 10.5 Å². The molecule has 0 radical (unpaired) electrons. The summed E-state index contributed by atoms with van der Waals surface area (Å²) in [5.41, 5.74) is 10.9. The van der Waals surface area contributed by atoms with Crippen molar-refractivity contribution in [1.29, 1.82) is 0 Å². The molecule has 0 saturated carbocycles. The van der Waals surface area contributed by atoms with Crippen LogP contribution in [0.4, 0.5) is 0 Å². The third-order valence-corrected chi connectivity index (χ3v) is 4.12. The van der Waals surface area contributed by atoms with Crippen LogP contribution in [-0.2, 0) is 0 Å². The van der Waals surface area contributed by atoms with Crippen molar-refractivity contribution < 1.29 is 4.74 Å². The quantitative estimate of drug-likeness (QED) is 0.839. The van der Waals surface area contributed by atoms with Gasteiger partial charge in [-0.25, -0.2) is 0 Å². The van der Waals surface area contributed by atoms with E-state index in [9.17, 15) is 0 Å². The molecule has 0 fully saturated rings. The lowest BCUT2D eigenvalue weighted by molar-refractivity contribution is 0.161. The van der Waals surface area contributed by atoms with E-state index in [1.54, 1.807) is 0 Å². The molecule has 1 aliphatic rings. The summed E-state index contributed by atoms with van der Waals surface area (Å²) in [7, 11) is 0. The zero-order valence-electron chi connectivity index (χ0n) is 11.7. The first-order chi connectivity index (χ1) is 9.54. The van der Waals surface area contributed by atoms with Crippen LogP contribution in [0.25, 0.3) is 0 Å². The van der Waals surface area contributed by atoms with Gasteiger partial charge in [-0.2, -0.15) is 0 Å². The first-order valence-corrected chi connectivity index (χ1v) is 7.21. The highest BCUT2D eigenvalue weighted by molar-refractivity contribution is 6.30. The highest BCUT2D eigenvalue weighted by Crippen LogP contribution is 2.41. The Morgan fingerprint density at radius 3 is 2.65 bits per heavy atom. The summed E-state index contributed by atoms with van der Waals surface area (Å²) in [5.74, 6) is 0.897. The van der Waals surface area contributed by atoms with Gasteiger partial charge in [-0.3, -0.25) is 0 Å².